The van der Waals surface area contributed by atoms with E-state index in [1.807, 2.05) is 76.2 Å². The first-order valence-corrected chi connectivity index (χ1v) is 18.0. The zero-order valence-corrected chi connectivity index (χ0v) is 29.9. The second-order valence-corrected chi connectivity index (χ2v) is 16.9. The van der Waals surface area contributed by atoms with Gasteiger partial charge >= 0.3 is 6.09 Å². The van der Waals surface area contributed by atoms with Crippen LogP contribution < -0.4 is 10.2 Å². The molecule has 2 aromatic rings. The molecule has 0 bridgehead atoms. The Bertz CT molecular complexity index is 1820. The Kier molecular flexibility index (Phi) is 8.42. The summed E-state index contributed by atoms with van der Waals surface area (Å²) in [5, 5.41) is 24.9. The van der Waals surface area contributed by atoms with E-state index in [0.717, 1.165) is 16.8 Å². The number of carbonyl (C=O) groups excluding carboxylic acids is 3. The van der Waals surface area contributed by atoms with Gasteiger partial charge in [-0.15, -0.1) is 0 Å². The third-order valence-electron chi connectivity index (χ3n) is 13.1. The van der Waals surface area contributed by atoms with E-state index in [4.69, 9.17) is 4.74 Å². The highest BCUT2D eigenvalue weighted by Gasteiger charge is 2.78. The Morgan fingerprint density at radius 3 is 2.47 bits per heavy atom. The van der Waals surface area contributed by atoms with Crippen LogP contribution in [0.3, 0.4) is 0 Å². The lowest BCUT2D eigenvalue weighted by molar-refractivity contribution is -0.210. The van der Waals surface area contributed by atoms with Gasteiger partial charge in [0.25, 0.3) is 0 Å². The van der Waals surface area contributed by atoms with Gasteiger partial charge in [0, 0.05) is 35.8 Å². The van der Waals surface area contributed by atoms with E-state index >= 15 is 8.78 Å². The largest absolute Gasteiger partial charge is 0.444 e. The molecule has 4 aliphatic carbocycles. The Hall–Kier alpha value is -3.89. The van der Waals surface area contributed by atoms with Crippen molar-refractivity contribution in [2.75, 3.05) is 29.9 Å². The van der Waals surface area contributed by atoms with Crippen molar-refractivity contribution in [3.8, 4) is 0 Å². The minimum Gasteiger partial charge on any atom is -0.444 e. The van der Waals surface area contributed by atoms with Gasteiger partial charge < -0.3 is 19.8 Å². The number of nitrogens with one attached hydrogen (secondary N) is 1. The van der Waals surface area contributed by atoms with Crippen LogP contribution in [-0.2, 0) is 20.7 Å². The molecule has 1 heterocycles. The molecule has 3 saturated carbocycles. The third-order valence-corrected chi connectivity index (χ3v) is 13.1. The number of carbonyl (C=O) groups is 3. The first-order chi connectivity index (χ1) is 23.9. The Labute approximate surface area is 297 Å². The quantitative estimate of drug-likeness (QED) is 0.313. The number of fused-ring (bicyclic) bond motifs is 7. The number of hydrogen-bond donors (Lipinski definition) is 3. The first kappa shape index (κ1) is 35.5. The second-order valence-electron chi connectivity index (χ2n) is 16.9. The van der Waals surface area contributed by atoms with Crippen molar-refractivity contribution in [1.29, 1.82) is 0 Å². The molecular formula is C41H48F2N2O6. The predicted molar refractivity (Wildman–Crippen MR) is 190 cm³/mol. The highest BCUT2D eigenvalue weighted by Crippen LogP contribution is 2.74. The van der Waals surface area contributed by atoms with E-state index in [9.17, 15) is 24.6 Å². The second kappa shape index (κ2) is 12.1. The molecule has 0 unspecified atom stereocenters. The number of aliphatic hydroxyl groups excluding tert-OH is 2. The summed E-state index contributed by atoms with van der Waals surface area (Å²) in [6.07, 6.45) is 1.23. The Morgan fingerprint density at radius 2 is 1.78 bits per heavy atom. The predicted octanol–water partition coefficient (Wildman–Crippen LogP) is 6.54. The molecule has 272 valence electrons. The monoisotopic (exact) mass is 702 g/mol. The van der Waals surface area contributed by atoms with Gasteiger partial charge in [0.1, 0.15) is 18.4 Å². The van der Waals surface area contributed by atoms with Crippen LogP contribution in [0.1, 0.15) is 65.0 Å². The van der Waals surface area contributed by atoms with Crippen molar-refractivity contribution in [2.45, 2.75) is 83.8 Å². The number of amides is 1. The molecule has 51 heavy (non-hydrogen) atoms. The average molecular weight is 703 g/mol. The van der Waals surface area contributed by atoms with E-state index in [0.29, 0.717) is 31.6 Å². The van der Waals surface area contributed by atoms with E-state index in [-0.39, 0.29) is 35.9 Å². The van der Waals surface area contributed by atoms with Crippen LogP contribution in [0.5, 0.6) is 0 Å². The number of ether oxygens (including phenoxy) is 1. The van der Waals surface area contributed by atoms with Crippen molar-refractivity contribution in [1.82, 2.24) is 0 Å². The fraction of sp³-hybridized carbons (Fsp3) is 0.537. The summed E-state index contributed by atoms with van der Waals surface area (Å²) in [7, 11) is 0. The molecule has 1 aliphatic heterocycles. The first-order valence-electron chi connectivity index (χ1n) is 18.0. The highest BCUT2D eigenvalue weighted by atomic mass is 19.1. The van der Waals surface area contributed by atoms with Gasteiger partial charge in [0.15, 0.2) is 17.2 Å². The normalized spacial score (nSPS) is 36.8. The summed E-state index contributed by atoms with van der Waals surface area (Å²) >= 11 is 0. The molecule has 10 heteroatoms. The van der Waals surface area contributed by atoms with Gasteiger partial charge in [-0.2, -0.15) is 0 Å². The topological polar surface area (TPSA) is 116 Å². The maximum Gasteiger partial charge on any atom is 0.412 e. The van der Waals surface area contributed by atoms with Crippen molar-refractivity contribution < 1.29 is 38.1 Å². The Balaban J connectivity index is 1.12. The number of anilines is 2. The molecule has 8 nitrogen and oxygen atoms in total. The number of Topliss-reactive ketones (excluding diaryl/α,β-unsaturated/α-hetero) is 1. The van der Waals surface area contributed by atoms with Crippen LogP contribution in [0, 0.1) is 34.0 Å². The molecule has 1 saturated heterocycles. The number of alkyl halides is 2. The number of rotatable bonds is 6. The highest BCUT2D eigenvalue weighted by molar-refractivity contribution is 6.01. The number of hydrogen-bond acceptors (Lipinski definition) is 7. The van der Waals surface area contributed by atoms with Gasteiger partial charge in [0.05, 0.1) is 11.5 Å². The third kappa shape index (κ3) is 5.38. The summed E-state index contributed by atoms with van der Waals surface area (Å²) in [5.74, 6) is -2.22. The van der Waals surface area contributed by atoms with Crippen LogP contribution in [0.2, 0.25) is 0 Å². The summed E-state index contributed by atoms with van der Waals surface area (Å²) in [4.78, 5) is 40.6. The lowest BCUT2D eigenvalue weighted by Crippen LogP contribution is -2.69. The van der Waals surface area contributed by atoms with Crippen LogP contribution in [0.25, 0.3) is 0 Å². The van der Waals surface area contributed by atoms with Gasteiger partial charge in [-0.05, 0) is 124 Å². The van der Waals surface area contributed by atoms with Gasteiger partial charge in [0.2, 0.25) is 0 Å². The van der Waals surface area contributed by atoms with Crippen LogP contribution in [-0.4, -0.2) is 71.1 Å². The SMILES string of the molecule is CC(C)(C)OC(=O)Nc1cccc(Cc2ccc(N3C[C@@H]4C[C@H]5[C@@H]6C[C@H](F)C7=CC(=O)C=C[C@]7(C)[C@@]6(F)[C@@H](O)C[C@]5(C)[C@]4(C(=O)CO)C3)cc2)c1. The molecule has 9 atom stereocenters. The van der Waals surface area contributed by atoms with Crippen molar-refractivity contribution in [3.63, 3.8) is 0 Å². The molecule has 3 N–H and O–H groups in total. The summed E-state index contributed by atoms with van der Waals surface area (Å²) in [6, 6.07) is 15.7. The molecule has 0 aromatic heterocycles. The lowest BCUT2D eigenvalue weighted by atomic mass is 9.43. The molecule has 0 radical (unpaired) electrons. The fourth-order valence-corrected chi connectivity index (χ4v) is 10.9. The lowest BCUT2D eigenvalue weighted by Gasteiger charge is -2.63. The van der Waals surface area contributed by atoms with Crippen LogP contribution >= 0.6 is 0 Å². The molecule has 4 fully saturated rings. The Morgan fingerprint density at radius 1 is 1.06 bits per heavy atom. The summed E-state index contributed by atoms with van der Waals surface area (Å²) in [5.41, 5.74) is -2.58. The smallest absolute Gasteiger partial charge is 0.412 e. The van der Waals surface area contributed by atoms with Gasteiger partial charge in [-0.1, -0.05) is 37.3 Å². The van der Waals surface area contributed by atoms with Crippen LogP contribution in [0.15, 0.2) is 72.3 Å². The molecule has 1 amide bonds. The molecule has 0 spiro atoms. The zero-order valence-electron chi connectivity index (χ0n) is 29.9. The maximum absolute atomic E-state index is 17.7. The van der Waals surface area contributed by atoms with Crippen molar-refractivity contribution in [2.24, 2.45) is 34.0 Å². The number of benzene rings is 2. The standard InChI is InChI=1S/C41H48F2N2O6/c1-37(2,3)51-36(50)44-27-8-6-7-25(16-27)15-24-9-11-28(12-10-24)45-21-26-17-30-31-19-33(42)32-18-29(47)13-14-38(32,4)41(31,43)34(48)20-39(30,5)40(26,23-45)35(49)22-46/h6-14,16,18,26,30-31,33-34,46,48H,15,17,19-23H2,1-5H3,(H,44,50)/t26-,30-,31-,33-,34-,38-,39-,40+,41-/m0/s1. The van der Waals surface area contributed by atoms with E-state index in [1.165, 1.54) is 18.2 Å². The fourth-order valence-electron chi connectivity index (χ4n) is 10.9. The number of nitrogens with zero attached hydrogens (tertiary/aromatic N) is 1. The van der Waals surface area contributed by atoms with Gasteiger partial charge in [-0.3, -0.25) is 14.9 Å². The number of allylic oxidation sites excluding steroid dienone is 4. The minimum atomic E-state index is -2.22. The number of ketones is 2. The maximum atomic E-state index is 17.7. The summed E-state index contributed by atoms with van der Waals surface area (Å²) < 4.78 is 39.0. The van der Waals surface area contributed by atoms with Crippen molar-refractivity contribution >= 4 is 29.0 Å². The number of halogens is 2. The van der Waals surface area contributed by atoms with Crippen molar-refractivity contribution in [3.05, 3.63) is 83.5 Å². The van der Waals surface area contributed by atoms with E-state index in [2.05, 4.69) is 10.2 Å². The summed E-state index contributed by atoms with van der Waals surface area (Å²) in [6.45, 7) is 9.09. The van der Waals surface area contributed by atoms with E-state index < -0.39 is 64.3 Å². The minimum absolute atomic E-state index is 0.0108. The van der Waals surface area contributed by atoms with Gasteiger partial charge in [-0.25, -0.2) is 13.6 Å². The van der Waals surface area contributed by atoms with E-state index in [1.54, 1.807) is 6.92 Å². The molecule has 2 aromatic carbocycles. The zero-order chi connectivity index (χ0) is 36.7. The molecular weight excluding hydrogens is 654 g/mol. The average Bonchev–Trinajstić information content (AvgIpc) is 3.56. The number of aliphatic hydroxyl groups is 2. The van der Waals surface area contributed by atoms with Crippen LogP contribution in [0.4, 0.5) is 25.0 Å². The molecule has 5 aliphatic rings. The molecule has 7 rings (SSSR count).